The summed E-state index contributed by atoms with van der Waals surface area (Å²) in [6.07, 6.45) is 3.48. The topological polar surface area (TPSA) is 28.4 Å². The molecule has 3 nitrogen and oxygen atoms in total. The van der Waals surface area contributed by atoms with Crippen LogP contribution < -0.4 is 5.32 Å². The van der Waals surface area contributed by atoms with Gasteiger partial charge in [-0.1, -0.05) is 0 Å². The monoisotopic (exact) mass is 196 g/mol. The largest absolute Gasteiger partial charge is 0.472 e. The van der Waals surface area contributed by atoms with Crippen molar-refractivity contribution in [3.63, 3.8) is 0 Å². The van der Waals surface area contributed by atoms with Gasteiger partial charge in [-0.25, -0.2) is 0 Å². The standard InChI is InChI=1S/C11H20N2O/c1-10(2)13(3)6-5-12-8-11-4-7-14-9-11/h4,7,9-10,12H,5-6,8H2,1-3H3. The molecular weight excluding hydrogens is 176 g/mol. The Balaban J connectivity index is 2.05. The zero-order valence-corrected chi connectivity index (χ0v) is 9.29. The van der Waals surface area contributed by atoms with Gasteiger partial charge in [-0.2, -0.15) is 0 Å². The van der Waals surface area contributed by atoms with Gasteiger partial charge in [0.1, 0.15) is 0 Å². The highest BCUT2D eigenvalue weighted by atomic mass is 16.3. The minimum Gasteiger partial charge on any atom is -0.472 e. The predicted molar refractivity (Wildman–Crippen MR) is 58.2 cm³/mol. The van der Waals surface area contributed by atoms with Gasteiger partial charge in [0.05, 0.1) is 12.5 Å². The molecule has 14 heavy (non-hydrogen) atoms. The molecule has 0 bridgehead atoms. The van der Waals surface area contributed by atoms with Crippen LogP contribution in [0.3, 0.4) is 0 Å². The molecule has 0 aliphatic rings. The number of likely N-dealkylation sites (N-methyl/N-ethyl adjacent to an activating group) is 1. The summed E-state index contributed by atoms with van der Waals surface area (Å²) in [4.78, 5) is 2.32. The highest BCUT2D eigenvalue weighted by Crippen LogP contribution is 1.98. The smallest absolute Gasteiger partial charge is 0.0947 e. The lowest BCUT2D eigenvalue weighted by molar-refractivity contribution is 0.273. The van der Waals surface area contributed by atoms with Gasteiger partial charge in [-0.3, -0.25) is 0 Å². The average molecular weight is 196 g/mol. The minimum atomic E-state index is 0.616. The minimum absolute atomic E-state index is 0.616. The molecular formula is C11H20N2O. The summed E-state index contributed by atoms with van der Waals surface area (Å²) >= 11 is 0. The van der Waals surface area contributed by atoms with Crippen molar-refractivity contribution in [2.24, 2.45) is 0 Å². The molecule has 0 aliphatic carbocycles. The molecule has 0 saturated carbocycles. The molecule has 1 aromatic heterocycles. The van der Waals surface area contributed by atoms with E-state index >= 15 is 0 Å². The predicted octanol–water partition coefficient (Wildman–Crippen LogP) is 1.71. The first-order valence-corrected chi connectivity index (χ1v) is 5.12. The number of hydrogen-bond donors (Lipinski definition) is 1. The van der Waals surface area contributed by atoms with Crippen LogP contribution in [0.25, 0.3) is 0 Å². The third kappa shape index (κ3) is 3.94. The van der Waals surface area contributed by atoms with Crippen LogP contribution in [0.2, 0.25) is 0 Å². The molecule has 0 spiro atoms. The van der Waals surface area contributed by atoms with Crippen LogP contribution in [0, 0.1) is 0 Å². The first-order chi connectivity index (χ1) is 6.70. The highest BCUT2D eigenvalue weighted by molar-refractivity contribution is 5.04. The van der Waals surface area contributed by atoms with Crippen molar-refractivity contribution in [3.05, 3.63) is 24.2 Å². The summed E-state index contributed by atoms with van der Waals surface area (Å²) in [5, 5.41) is 3.37. The number of furan rings is 1. The summed E-state index contributed by atoms with van der Waals surface area (Å²) in [6, 6.07) is 2.60. The van der Waals surface area contributed by atoms with E-state index in [4.69, 9.17) is 4.42 Å². The Hall–Kier alpha value is -0.800. The quantitative estimate of drug-likeness (QED) is 0.702. The van der Waals surface area contributed by atoms with Crippen molar-refractivity contribution in [2.75, 3.05) is 20.1 Å². The lowest BCUT2D eigenvalue weighted by Gasteiger charge is -2.20. The summed E-state index contributed by atoms with van der Waals surface area (Å²) in [5.74, 6) is 0. The lowest BCUT2D eigenvalue weighted by Crippen LogP contribution is -2.33. The summed E-state index contributed by atoms with van der Waals surface area (Å²) in [7, 11) is 2.14. The zero-order chi connectivity index (χ0) is 10.4. The van der Waals surface area contributed by atoms with Gasteiger partial charge >= 0.3 is 0 Å². The molecule has 1 N–H and O–H groups in total. The maximum absolute atomic E-state index is 4.98. The second-order valence-corrected chi connectivity index (χ2v) is 3.88. The van der Waals surface area contributed by atoms with E-state index in [1.165, 1.54) is 5.56 Å². The van der Waals surface area contributed by atoms with Crippen LogP contribution in [-0.4, -0.2) is 31.1 Å². The van der Waals surface area contributed by atoms with Crippen molar-refractivity contribution < 1.29 is 4.42 Å². The molecule has 3 heteroatoms. The Bertz CT molecular complexity index is 231. The molecule has 0 aromatic carbocycles. The van der Waals surface area contributed by atoms with E-state index in [9.17, 15) is 0 Å². The molecule has 0 amide bonds. The third-order valence-electron chi connectivity index (χ3n) is 2.43. The second kappa shape index (κ2) is 5.83. The van der Waals surface area contributed by atoms with Gasteiger partial charge in [-0.05, 0) is 27.0 Å². The highest BCUT2D eigenvalue weighted by Gasteiger charge is 2.01. The van der Waals surface area contributed by atoms with Crippen LogP contribution in [0.5, 0.6) is 0 Å². The fraction of sp³-hybridized carbons (Fsp3) is 0.636. The van der Waals surface area contributed by atoms with E-state index in [1.54, 1.807) is 12.5 Å². The van der Waals surface area contributed by atoms with Crippen LogP contribution in [0.15, 0.2) is 23.0 Å². The fourth-order valence-electron chi connectivity index (χ4n) is 1.14. The molecule has 1 rings (SSSR count). The number of nitrogens with one attached hydrogen (secondary N) is 1. The first kappa shape index (κ1) is 11.3. The molecule has 0 aliphatic heterocycles. The molecule has 1 heterocycles. The van der Waals surface area contributed by atoms with Gasteiger partial charge in [0.15, 0.2) is 0 Å². The maximum atomic E-state index is 4.98. The van der Waals surface area contributed by atoms with Crippen molar-refractivity contribution in [2.45, 2.75) is 26.4 Å². The molecule has 1 aromatic rings. The van der Waals surface area contributed by atoms with Crippen LogP contribution >= 0.6 is 0 Å². The number of rotatable bonds is 6. The van der Waals surface area contributed by atoms with Gasteiger partial charge in [0.25, 0.3) is 0 Å². The van der Waals surface area contributed by atoms with E-state index in [1.807, 2.05) is 6.07 Å². The van der Waals surface area contributed by atoms with Crippen molar-refractivity contribution in [1.82, 2.24) is 10.2 Å². The average Bonchev–Trinajstić information content (AvgIpc) is 2.64. The van der Waals surface area contributed by atoms with Gasteiger partial charge < -0.3 is 14.6 Å². The van der Waals surface area contributed by atoms with Crippen molar-refractivity contribution >= 4 is 0 Å². The third-order valence-corrected chi connectivity index (χ3v) is 2.43. The number of hydrogen-bond acceptors (Lipinski definition) is 3. The van der Waals surface area contributed by atoms with E-state index in [0.717, 1.165) is 19.6 Å². The lowest BCUT2D eigenvalue weighted by atomic mass is 10.3. The SMILES string of the molecule is CC(C)N(C)CCNCc1ccoc1. The summed E-state index contributed by atoms with van der Waals surface area (Å²) in [5.41, 5.74) is 1.21. The molecule has 80 valence electrons. The molecule has 0 atom stereocenters. The van der Waals surface area contributed by atoms with E-state index < -0.39 is 0 Å². The zero-order valence-electron chi connectivity index (χ0n) is 9.29. The Morgan fingerprint density at radius 2 is 2.29 bits per heavy atom. The molecule has 0 fully saturated rings. The Kier molecular flexibility index (Phi) is 4.70. The van der Waals surface area contributed by atoms with E-state index in [0.29, 0.717) is 6.04 Å². The van der Waals surface area contributed by atoms with Crippen molar-refractivity contribution in [3.8, 4) is 0 Å². The van der Waals surface area contributed by atoms with Gasteiger partial charge in [0.2, 0.25) is 0 Å². The molecule has 0 radical (unpaired) electrons. The number of nitrogens with zero attached hydrogens (tertiary/aromatic N) is 1. The van der Waals surface area contributed by atoms with Gasteiger partial charge in [-0.15, -0.1) is 0 Å². The van der Waals surface area contributed by atoms with Crippen LogP contribution in [0.4, 0.5) is 0 Å². The Morgan fingerprint density at radius 1 is 1.50 bits per heavy atom. The van der Waals surface area contributed by atoms with Gasteiger partial charge in [0, 0.05) is 31.2 Å². The van der Waals surface area contributed by atoms with E-state index in [2.05, 4.69) is 31.1 Å². The Labute approximate surface area is 86.1 Å². The fourth-order valence-corrected chi connectivity index (χ4v) is 1.14. The van der Waals surface area contributed by atoms with Crippen LogP contribution in [-0.2, 0) is 6.54 Å². The normalized spacial score (nSPS) is 11.5. The maximum Gasteiger partial charge on any atom is 0.0947 e. The molecule has 0 unspecified atom stereocenters. The van der Waals surface area contributed by atoms with E-state index in [-0.39, 0.29) is 0 Å². The van der Waals surface area contributed by atoms with Crippen LogP contribution in [0.1, 0.15) is 19.4 Å². The summed E-state index contributed by atoms with van der Waals surface area (Å²) < 4.78 is 4.98. The summed E-state index contributed by atoms with van der Waals surface area (Å²) in [6.45, 7) is 7.39. The van der Waals surface area contributed by atoms with Crippen molar-refractivity contribution in [1.29, 1.82) is 0 Å². The Morgan fingerprint density at radius 3 is 2.86 bits per heavy atom. The second-order valence-electron chi connectivity index (χ2n) is 3.88. The first-order valence-electron chi connectivity index (χ1n) is 5.12. The molecule has 0 saturated heterocycles.